The minimum Gasteiger partial charge on any atom is -0.487 e. The monoisotopic (exact) mass is 548 g/mol. The van der Waals surface area contributed by atoms with Gasteiger partial charge in [-0.15, -0.1) is 0 Å². The third-order valence-corrected chi connectivity index (χ3v) is 5.78. The Hall–Kier alpha value is -3.96. The van der Waals surface area contributed by atoms with E-state index in [1.54, 1.807) is 48.5 Å². The molecule has 0 saturated carbocycles. The van der Waals surface area contributed by atoms with Gasteiger partial charge in [0.1, 0.15) is 33.0 Å². The maximum absolute atomic E-state index is 13.6. The Morgan fingerprint density at radius 3 is 1.77 bits per heavy atom. The van der Waals surface area contributed by atoms with Crippen molar-refractivity contribution in [3.63, 3.8) is 0 Å². The fourth-order valence-corrected chi connectivity index (χ4v) is 3.84. The standard InChI is InChI=1S/C28H27F3O8/c29-28(30,31)21-7-5-6-20(16-21)27(39-17-26(32)33)18-37-24-10-3-1-8-22(24)35-14-12-34-13-15-36-23-9-2-4-11-25(23)38-19-27/h1-11,16H,12-15,17-19H2,(H,32,33). The Morgan fingerprint density at radius 1 is 0.769 bits per heavy atom. The van der Waals surface area contributed by atoms with Gasteiger partial charge in [0.05, 0.1) is 18.8 Å². The lowest BCUT2D eigenvalue weighted by atomic mass is 9.93. The van der Waals surface area contributed by atoms with Gasteiger partial charge >= 0.3 is 12.1 Å². The van der Waals surface area contributed by atoms with Gasteiger partial charge in [0.2, 0.25) is 0 Å². The van der Waals surface area contributed by atoms with Crippen LogP contribution >= 0.6 is 0 Å². The summed E-state index contributed by atoms with van der Waals surface area (Å²) < 4.78 is 75.9. The van der Waals surface area contributed by atoms with Crippen molar-refractivity contribution < 1.29 is 51.5 Å². The summed E-state index contributed by atoms with van der Waals surface area (Å²) in [7, 11) is 0. The summed E-state index contributed by atoms with van der Waals surface area (Å²) in [5, 5.41) is 9.40. The zero-order valence-electron chi connectivity index (χ0n) is 20.8. The maximum atomic E-state index is 13.6. The summed E-state index contributed by atoms with van der Waals surface area (Å²) >= 11 is 0. The third kappa shape index (κ3) is 7.55. The van der Waals surface area contributed by atoms with Gasteiger partial charge in [0.15, 0.2) is 28.6 Å². The Labute approximate surface area is 222 Å². The number of carbonyl (C=O) groups is 1. The molecule has 1 aliphatic heterocycles. The molecule has 39 heavy (non-hydrogen) atoms. The first-order chi connectivity index (χ1) is 18.8. The van der Waals surface area contributed by atoms with Gasteiger partial charge in [0.25, 0.3) is 0 Å². The van der Waals surface area contributed by atoms with Crippen molar-refractivity contribution >= 4 is 5.97 Å². The van der Waals surface area contributed by atoms with Crippen LogP contribution in [-0.4, -0.2) is 57.3 Å². The molecule has 0 aromatic heterocycles. The van der Waals surface area contributed by atoms with Crippen molar-refractivity contribution in [3.8, 4) is 23.0 Å². The van der Waals surface area contributed by atoms with E-state index in [0.717, 1.165) is 12.1 Å². The van der Waals surface area contributed by atoms with Gasteiger partial charge in [-0.1, -0.05) is 36.4 Å². The van der Waals surface area contributed by atoms with Crippen molar-refractivity contribution in [2.24, 2.45) is 0 Å². The molecular weight excluding hydrogens is 521 g/mol. The Kier molecular flexibility index (Phi) is 9.15. The normalized spacial score (nSPS) is 16.3. The SMILES string of the molecule is O=C(O)COC1(c2cccc(C(F)(F)F)c2)COc2ccccc2OCCOCCOc2ccccc2OC1. The third-order valence-electron chi connectivity index (χ3n) is 5.78. The first kappa shape index (κ1) is 28.1. The highest BCUT2D eigenvalue weighted by Gasteiger charge is 2.40. The van der Waals surface area contributed by atoms with Crippen molar-refractivity contribution in [3.05, 3.63) is 83.9 Å². The molecule has 0 amide bonds. The molecule has 3 aromatic rings. The highest BCUT2D eigenvalue weighted by Crippen LogP contribution is 2.37. The quantitative estimate of drug-likeness (QED) is 0.490. The molecule has 3 aromatic carbocycles. The van der Waals surface area contributed by atoms with E-state index in [1.165, 1.54) is 12.1 Å². The van der Waals surface area contributed by atoms with E-state index in [4.69, 9.17) is 28.4 Å². The molecule has 11 heteroatoms. The molecule has 8 nitrogen and oxygen atoms in total. The number of hydrogen-bond donors (Lipinski definition) is 1. The zero-order chi connectivity index (χ0) is 27.7. The number of aliphatic carboxylic acids is 1. The number of carboxylic acid groups (broad SMARTS) is 1. The summed E-state index contributed by atoms with van der Waals surface area (Å²) in [6, 6.07) is 17.9. The van der Waals surface area contributed by atoms with E-state index in [0.29, 0.717) is 11.5 Å². The first-order valence-electron chi connectivity index (χ1n) is 12.1. The summed E-state index contributed by atoms with van der Waals surface area (Å²) in [5.41, 5.74) is -2.69. The lowest BCUT2D eigenvalue weighted by molar-refractivity contribution is -0.157. The number of carboxylic acids is 1. The Balaban J connectivity index is 1.78. The van der Waals surface area contributed by atoms with E-state index >= 15 is 0 Å². The van der Waals surface area contributed by atoms with Crippen LogP contribution in [0, 0.1) is 0 Å². The topological polar surface area (TPSA) is 92.7 Å². The van der Waals surface area contributed by atoms with Crippen LogP contribution in [0.2, 0.25) is 0 Å². The van der Waals surface area contributed by atoms with Crippen LogP contribution in [0.25, 0.3) is 0 Å². The summed E-state index contributed by atoms with van der Waals surface area (Å²) in [5.74, 6) is -0.0214. The van der Waals surface area contributed by atoms with Gasteiger partial charge < -0.3 is 33.5 Å². The van der Waals surface area contributed by atoms with E-state index in [2.05, 4.69) is 0 Å². The molecular formula is C28H27F3O8. The van der Waals surface area contributed by atoms with E-state index in [1.807, 2.05) is 0 Å². The van der Waals surface area contributed by atoms with Crippen molar-refractivity contribution in [2.45, 2.75) is 11.8 Å². The van der Waals surface area contributed by atoms with Crippen molar-refractivity contribution in [2.75, 3.05) is 46.2 Å². The molecule has 0 fully saturated rings. The van der Waals surface area contributed by atoms with Gasteiger partial charge in [-0.3, -0.25) is 0 Å². The van der Waals surface area contributed by atoms with Gasteiger partial charge in [0, 0.05) is 0 Å². The van der Waals surface area contributed by atoms with Crippen molar-refractivity contribution in [1.29, 1.82) is 0 Å². The van der Waals surface area contributed by atoms with E-state index < -0.39 is 43.1 Å². The average molecular weight is 549 g/mol. The van der Waals surface area contributed by atoms with Crippen LogP contribution in [0.1, 0.15) is 11.1 Å². The summed E-state index contributed by atoms with van der Waals surface area (Å²) in [6.07, 6.45) is -4.65. The average Bonchev–Trinajstić information content (AvgIpc) is 2.92. The van der Waals surface area contributed by atoms with Gasteiger partial charge in [-0.2, -0.15) is 13.2 Å². The second-order valence-corrected chi connectivity index (χ2v) is 8.54. The molecule has 0 aliphatic carbocycles. The number of halogens is 3. The lowest BCUT2D eigenvalue weighted by Crippen LogP contribution is -2.43. The minimum atomic E-state index is -4.65. The number of fused-ring (bicyclic) bond motifs is 2. The molecule has 1 N–H and O–H groups in total. The minimum absolute atomic E-state index is 0.0184. The zero-order valence-corrected chi connectivity index (χ0v) is 20.8. The number of hydrogen-bond acceptors (Lipinski definition) is 7. The Bertz CT molecular complexity index is 1190. The van der Waals surface area contributed by atoms with Crippen LogP contribution in [0.15, 0.2) is 72.8 Å². The Morgan fingerprint density at radius 2 is 1.28 bits per heavy atom. The molecule has 0 saturated heterocycles. The smallest absolute Gasteiger partial charge is 0.416 e. The summed E-state index contributed by atoms with van der Waals surface area (Å²) in [4.78, 5) is 11.5. The second kappa shape index (κ2) is 12.7. The fraction of sp³-hybridized carbons (Fsp3) is 0.321. The van der Waals surface area contributed by atoms with Crippen LogP contribution in [0.3, 0.4) is 0 Å². The van der Waals surface area contributed by atoms with Crippen LogP contribution < -0.4 is 18.9 Å². The highest BCUT2D eigenvalue weighted by molar-refractivity contribution is 5.68. The van der Waals surface area contributed by atoms with E-state index in [-0.39, 0.29) is 43.5 Å². The van der Waals surface area contributed by atoms with E-state index in [9.17, 15) is 23.1 Å². The molecule has 1 heterocycles. The maximum Gasteiger partial charge on any atom is 0.416 e. The number of alkyl halides is 3. The van der Waals surface area contributed by atoms with Gasteiger partial charge in [-0.25, -0.2) is 4.79 Å². The van der Waals surface area contributed by atoms with Crippen LogP contribution in [0.5, 0.6) is 23.0 Å². The molecule has 208 valence electrons. The van der Waals surface area contributed by atoms with Crippen LogP contribution in [0.4, 0.5) is 13.2 Å². The molecule has 1 aliphatic rings. The molecule has 4 rings (SSSR count). The largest absolute Gasteiger partial charge is 0.487 e. The highest BCUT2D eigenvalue weighted by atomic mass is 19.4. The lowest BCUT2D eigenvalue weighted by Gasteiger charge is -2.34. The van der Waals surface area contributed by atoms with Gasteiger partial charge in [-0.05, 0) is 42.0 Å². The number of ether oxygens (including phenoxy) is 6. The molecule has 0 atom stereocenters. The first-order valence-corrected chi connectivity index (χ1v) is 12.1. The van der Waals surface area contributed by atoms with Crippen LogP contribution in [-0.2, 0) is 26.0 Å². The second-order valence-electron chi connectivity index (χ2n) is 8.54. The molecule has 0 spiro atoms. The number of para-hydroxylation sites is 4. The molecule has 0 bridgehead atoms. The number of benzene rings is 3. The molecule has 0 radical (unpaired) electrons. The van der Waals surface area contributed by atoms with Crippen molar-refractivity contribution in [1.82, 2.24) is 0 Å². The predicted molar refractivity (Wildman–Crippen MR) is 132 cm³/mol. The fourth-order valence-electron chi connectivity index (χ4n) is 3.84. The summed E-state index contributed by atoms with van der Waals surface area (Å²) in [6.45, 7) is -0.681. The molecule has 0 unspecified atom stereocenters. The number of rotatable bonds is 4. The predicted octanol–water partition coefficient (Wildman–Crippen LogP) is 4.95.